The van der Waals surface area contributed by atoms with E-state index in [1.54, 1.807) is 0 Å². The first-order valence-electron chi connectivity index (χ1n) is 3.74. The molecular formula is C8H17N3. The molecule has 0 bridgehead atoms. The number of hydrazone groups is 1. The Balaban J connectivity index is 0. The largest absolute Gasteiger partial charge is 0.266 e. The number of aliphatic imine (C=N–C) groups is 1. The van der Waals surface area contributed by atoms with Gasteiger partial charge in [0, 0.05) is 19.3 Å². The van der Waals surface area contributed by atoms with Crippen LogP contribution >= 0.6 is 0 Å². The van der Waals surface area contributed by atoms with E-state index in [1.165, 1.54) is 6.20 Å². The summed E-state index contributed by atoms with van der Waals surface area (Å²) in [5.74, 6) is 0.778. The average Bonchev–Trinajstić information content (AvgIpc) is 2.08. The van der Waals surface area contributed by atoms with Crippen LogP contribution in [0.3, 0.4) is 0 Å². The van der Waals surface area contributed by atoms with E-state index in [4.69, 9.17) is 0 Å². The summed E-state index contributed by atoms with van der Waals surface area (Å²) in [4.78, 5) is 3.87. The molecule has 0 saturated carbocycles. The van der Waals surface area contributed by atoms with E-state index < -0.39 is 0 Å². The topological polar surface area (TPSA) is 36.8 Å². The lowest BCUT2D eigenvalue weighted by Gasteiger charge is -1.96. The Morgan fingerprint density at radius 3 is 2.36 bits per heavy atom. The molecule has 64 valence electrons. The van der Waals surface area contributed by atoms with E-state index in [0.717, 1.165) is 12.3 Å². The van der Waals surface area contributed by atoms with Gasteiger partial charge in [-0.1, -0.05) is 27.4 Å². The lowest BCUT2D eigenvalue weighted by Crippen LogP contribution is -2.14. The molecule has 0 aliphatic rings. The predicted molar refractivity (Wildman–Crippen MR) is 52.0 cm³/mol. The third-order valence-corrected chi connectivity index (χ3v) is 0.790. The maximum atomic E-state index is 3.87. The first-order chi connectivity index (χ1) is 5.35. The number of hydrogen-bond acceptors (Lipinski definition) is 2. The normalized spacial score (nSPS) is 9.18. The Bertz CT molecular complexity index is 127. The van der Waals surface area contributed by atoms with Crippen molar-refractivity contribution in [2.75, 3.05) is 0 Å². The Morgan fingerprint density at radius 1 is 1.55 bits per heavy atom. The van der Waals surface area contributed by atoms with Gasteiger partial charge in [-0.3, -0.25) is 5.43 Å². The fourth-order valence-electron chi connectivity index (χ4n) is 0.401. The second-order valence-corrected chi connectivity index (χ2v) is 1.38. The molecule has 0 aromatic heterocycles. The molecule has 3 heteroatoms. The van der Waals surface area contributed by atoms with E-state index in [9.17, 15) is 0 Å². The van der Waals surface area contributed by atoms with Crippen molar-refractivity contribution in [1.29, 1.82) is 0 Å². The van der Waals surface area contributed by atoms with Gasteiger partial charge in [0.05, 0.1) is 0 Å². The molecule has 0 spiro atoms. The van der Waals surface area contributed by atoms with Gasteiger partial charge in [0.25, 0.3) is 0 Å². The number of nitrogens with zero attached hydrogens (tertiary/aromatic N) is 2. The van der Waals surface area contributed by atoms with Gasteiger partial charge in [-0.2, -0.15) is 5.10 Å². The van der Waals surface area contributed by atoms with E-state index in [2.05, 4.69) is 28.8 Å². The zero-order valence-corrected chi connectivity index (χ0v) is 7.59. The maximum absolute atomic E-state index is 3.87. The van der Waals surface area contributed by atoms with Gasteiger partial charge in [0.15, 0.2) is 0 Å². The Hall–Kier alpha value is -1.12. The minimum atomic E-state index is 0.778. The summed E-state index contributed by atoms with van der Waals surface area (Å²) in [6.07, 6.45) is 2.28. The maximum Gasteiger partial charge on any atom is 0.121 e. The molecule has 0 aliphatic heterocycles. The summed E-state index contributed by atoms with van der Waals surface area (Å²) < 4.78 is 0. The van der Waals surface area contributed by atoms with Crippen molar-refractivity contribution < 1.29 is 0 Å². The van der Waals surface area contributed by atoms with Gasteiger partial charge in [-0.15, -0.1) is 0 Å². The molecule has 0 aliphatic carbocycles. The fourth-order valence-corrected chi connectivity index (χ4v) is 0.401. The minimum Gasteiger partial charge on any atom is -0.266 e. The van der Waals surface area contributed by atoms with Gasteiger partial charge in [-0.05, 0) is 0 Å². The van der Waals surface area contributed by atoms with Crippen LogP contribution in [0.25, 0.3) is 0 Å². The molecule has 0 heterocycles. The molecule has 11 heavy (non-hydrogen) atoms. The Kier molecular flexibility index (Phi) is 13.3. The van der Waals surface area contributed by atoms with Crippen molar-refractivity contribution in [3.05, 3.63) is 12.8 Å². The van der Waals surface area contributed by atoms with Crippen LogP contribution in [0.2, 0.25) is 0 Å². The van der Waals surface area contributed by atoms with E-state index >= 15 is 0 Å². The average molecular weight is 155 g/mol. The standard InChI is InChI=1S/C6H11N3.C2H6/c1-4-6(8-5-2)9-7-3;1-2/h5H,2-4H2,1H3,(H,8,9);1-2H3. The van der Waals surface area contributed by atoms with Crippen LogP contribution in [-0.2, 0) is 0 Å². The van der Waals surface area contributed by atoms with Crippen LogP contribution in [0.5, 0.6) is 0 Å². The smallest absolute Gasteiger partial charge is 0.121 e. The van der Waals surface area contributed by atoms with E-state index in [-0.39, 0.29) is 0 Å². The molecular weight excluding hydrogens is 138 g/mol. The Morgan fingerprint density at radius 2 is 2.09 bits per heavy atom. The Labute approximate surface area is 68.9 Å². The molecule has 0 atom stereocenters. The number of rotatable bonds is 3. The van der Waals surface area contributed by atoms with Gasteiger partial charge in [0.2, 0.25) is 0 Å². The first kappa shape index (κ1) is 12.5. The van der Waals surface area contributed by atoms with Gasteiger partial charge < -0.3 is 0 Å². The van der Waals surface area contributed by atoms with Crippen molar-refractivity contribution in [3.8, 4) is 0 Å². The van der Waals surface area contributed by atoms with Gasteiger partial charge in [-0.25, -0.2) is 4.99 Å². The highest BCUT2D eigenvalue weighted by atomic mass is 15.3. The van der Waals surface area contributed by atoms with Crippen LogP contribution < -0.4 is 5.43 Å². The molecule has 0 saturated heterocycles. The molecule has 0 amide bonds. The van der Waals surface area contributed by atoms with Crippen molar-refractivity contribution in [2.45, 2.75) is 27.2 Å². The highest BCUT2D eigenvalue weighted by molar-refractivity contribution is 5.82. The number of hydrogen-bond donors (Lipinski definition) is 1. The molecule has 1 N–H and O–H groups in total. The zero-order chi connectivity index (χ0) is 9.11. The SMILES string of the molecule is C=CN=C(CC)NN=C.CC. The summed E-state index contributed by atoms with van der Waals surface area (Å²) in [6, 6.07) is 0. The number of amidine groups is 1. The van der Waals surface area contributed by atoms with Crippen molar-refractivity contribution >= 4 is 12.6 Å². The summed E-state index contributed by atoms with van der Waals surface area (Å²) in [5, 5.41) is 3.45. The summed E-state index contributed by atoms with van der Waals surface area (Å²) in [5.41, 5.74) is 2.63. The quantitative estimate of drug-likeness (QED) is 0.378. The van der Waals surface area contributed by atoms with E-state index in [1.807, 2.05) is 20.8 Å². The molecule has 0 radical (unpaired) electrons. The minimum absolute atomic E-state index is 0.778. The monoisotopic (exact) mass is 155 g/mol. The van der Waals surface area contributed by atoms with Crippen LogP contribution in [-0.4, -0.2) is 12.6 Å². The van der Waals surface area contributed by atoms with Crippen molar-refractivity contribution in [2.24, 2.45) is 10.1 Å². The highest BCUT2D eigenvalue weighted by Crippen LogP contribution is 1.81. The molecule has 3 nitrogen and oxygen atoms in total. The summed E-state index contributed by atoms with van der Waals surface area (Å²) in [7, 11) is 0. The lowest BCUT2D eigenvalue weighted by atomic mass is 10.4. The van der Waals surface area contributed by atoms with Crippen LogP contribution in [0.1, 0.15) is 27.2 Å². The van der Waals surface area contributed by atoms with Crippen molar-refractivity contribution in [1.82, 2.24) is 5.43 Å². The second-order valence-electron chi connectivity index (χ2n) is 1.38. The second kappa shape index (κ2) is 11.6. The van der Waals surface area contributed by atoms with Gasteiger partial charge in [0.1, 0.15) is 5.84 Å². The fraction of sp³-hybridized carbons (Fsp3) is 0.500. The highest BCUT2D eigenvalue weighted by Gasteiger charge is 1.86. The predicted octanol–water partition coefficient (Wildman–Crippen LogP) is 2.17. The molecule has 0 fully saturated rings. The molecule has 0 unspecified atom stereocenters. The summed E-state index contributed by atoms with van der Waals surface area (Å²) >= 11 is 0. The molecule has 0 rings (SSSR count). The molecule has 0 aromatic rings. The van der Waals surface area contributed by atoms with Crippen LogP contribution in [0.15, 0.2) is 22.9 Å². The third-order valence-electron chi connectivity index (χ3n) is 0.790. The van der Waals surface area contributed by atoms with Crippen LogP contribution in [0, 0.1) is 0 Å². The third kappa shape index (κ3) is 8.88. The van der Waals surface area contributed by atoms with E-state index in [0.29, 0.717) is 0 Å². The summed E-state index contributed by atoms with van der Waals surface area (Å²) in [6.45, 7) is 12.7. The first-order valence-corrected chi connectivity index (χ1v) is 3.74. The zero-order valence-electron chi connectivity index (χ0n) is 7.59. The molecule has 0 aromatic carbocycles. The number of nitrogens with one attached hydrogen (secondary N) is 1. The van der Waals surface area contributed by atoms with Gasteiger partial charge >= 0.3 is 0 Å². The van der Waals surface area contributed by atoms with Crippen LogP contribution in [0.4, 0.5) is 0 Å². The van der Waals surface area contributed by atoms with Crippen molar-refractivity contribution in [3.63, 3.8) is 0 Å². The lowest BCUT2D eigenvalue weighted by molar-refractivity contribution is 0.989.